The molecule has 6 nitrogen and oxygen atoms in total. The fourth-order valence-electron chi connectivity index (χ4n) is 7.05. The SMILES string of the molecule is CCn1cc(-c2[nH]c3ccc(C4CCC(N5CC6(COC6)C5)CC4)nc3c2C(C)C)c2cccnc21. The Morgan fingerprint density at radius 2 is 1.92 bits per heavy atom. The Hall–Kier alpha value is -2.70. The van der Waals surface area contributed by atoms with Crippen LogP contribution in [0.1, 0.15) is 69.5 Å². The van der Waals surface area contributed by atoms with Crippen LogP contribution in [0.25, 0.3) is 33.3 Å². The van der Waals surface area contributed by atoms with Gasteiger partial charge in [-0.15, -0.1) is 0 Å². The number of aryl methyl sites for hydroxylation is 1. The molecule has 0 unspecified atom stereocenters. The van der Waals surface area contributed by atoms with Crippen molar-refractivity contribution >= 4 is 22.1 Å². The van der Waals surface area contributed by atoms with Crippen molar-refractivity contribution in [3.63, 3.8) is 0 Å². The van der Waals surface area contributed by atoms with Crippen molar-refractivity contribution in [2.24, 2.45) is 5.41 Å². The molecule has 1 saturated carbocycles. The summed E-state index contributed by atoms with van der Waals surface area (Å²) in [5.74, 6) is 0.940. The zero-order valence-corrected chi connectivity index (χ0v) is 21.8. The molecule has 0 bridgehead atoms. The van der Waals surface area contributed by atoms with Gasteiger partial charge in [0, 0.05) is 71.6 Å². The fourth-order valence-corrected chi connectivity index (χ4v) is 7.05. The van der Waals surface area contributed by atoms with Gasteiger partial charge in [-0.05, 0) is 62.8 Å². The van der Waals surface area contributed by atoms with Gasteiger partial charge >= 0.3 is 0 Å². The zero-order chi connectivity index (χ0) is 24.4. The van der Waals surface area contributed by atoms with Crippen molar-refractivity contribution in [2.45, 2.75) is 70.9 Å². The highest BCUT2D eigenvalue weighted by Gasteiger charge is 2.50. The molecule has 6 heterocycles. The van der Waals surface area contributed by atoms with Crippen molar-refractivity contribution in [3.05, 3.63) is 47.9 Å². The summed E-state index contributed by atoms with van der Waals surface area (Å²) in [7, 11) is 0. The third-order valence-corrected chi connectivity index (χ3v) is 9.05. The van der Waals surface area contributed by atoms with E-state index in [0.717, 1.165) is 42.5 Å². The number of ether oxygens (including phenoxy) is 1. The lowest BCUT2D eigenvalue weighted by atomic mass is 9.74. The first kappa shape index (κ1) is 22.5. The molecule has 4 aromatic rings. The van der Waals surface area contributed by atoms with Crippen LogP contribution in [-0.4, -0.2) is 56.8 Å². The summed E-state index contributed by atoms with van der Waals surface area (Å²) in [6.07, 6.45) is 9.21. The van der Waals surface area contributed by atoms with Gasteiger partial charge in [-0.3, -0.25) is 9.88 Å². The lowest BCUT2D eigenvalue weighted by Crippen LogP contribution is -2.68. The van der Waals surface area contributed by atoms with Crippen molar-refractivity contribution in [3.8, 4) is 11.3 Å². The maximum atomic E-state index is 5.47. The molecule has 188 valence electrons. The number of aromatic amines is 1. The number of hydrogen-bond donors (Lipinski definition) is 1. The number of likely N-dealkylation sites (tertiary alicyclic amines) is 1. The highest BCUT2D eigenvalue weighted by atomic mass is 16.5. The topological polar surface area (TPSA) is 59.0 Å². The van der Waals surface area contributed by atoms with E-state index in [9.17, 15) is 0 Å². The van der Waals surface area contributed by atoms with E-state index in [0.29, 0.717) is 17.3 Å². The molecule has 0 aromatic carbocycles. The number of hydrogen-bond acceptors (Lipinski definition) is 4. The molecule has 36 heavy (non-hydrogen) atoms. The minimum Gasteiger partial charge on any atom is -0.380 e. The van der Waals surface area contributed by atoms with E-state index in [4.69, 9.17) is 9.72 Å². The van der Waals surface area contributed by atoms with Gasteiger partial charge in [0.2, 0.25) is 0 Å². The van der Waals surface area contributed by atoms with E-state index in [1.165, 1.54) is 66.7 Å². The van der Waals surface area contributed by atoms with Crippen LogP contribution in [0.4, 0.5) is 0 Å². The number of nitrogens with one attached hydrogen (secondary N) is 1. The second-order valence-corrected chi connectivity index (χ2v) is 11.8. The summed E-state index contributed by atoms with van der Waals surface area (Å²) < 4.78 is 7.71. The summed E-state index contributed by atoms with van der Waals surface area (Å²) in [6, 6.07) is 9.53. The van der Waals surface area contributed by atoms with Crippen LogP contribution >= 0.6 is 0 Å². The zero-order valence-electron chi connectivity index (χ0n) is 21.8. The number of fused-ring (bicyclic) bond motifs is 2. The van der Waals surface area contributed by atoms with Gasteiger partial charge in [-0.1, -0.05) is 13.8 Å². The van der Waals surface area contributed by atoms with Crippen LogP contribution in [0.3, 0.4) is 0 Å². The molecular formula is C30H37N5O. The monoisotopic (exact) mass is 483 g/mol. The first-order chi connectivity index (χ1) is 17.5. The molecule has 3 fully saturated rings. The first-order valence-corrected chi connectivity index (χ1v) is 13.8. The molecular weight excluding hydrogens is 446 g/mol. The van der Waals surface area contributed by atoms with Crippen molar-refractivity contribution < 1.29 is 4.74 Å². The largest absolute Gasteiger partial charge is 0.380 e. The Morgan fingerprint density at radius 1 is 1.11 bits per heavy atom. The van der Waals surface area contributed by atoms with Gasteiger partial charge in [0.05, 0.1) is 29.9 Å². The van der Waals surface area contributed by atoms with Crippen molar-refractivity contribution in [1.82, 2.24) is 24.4 Å². The van der Waals surface area contributed by atoms with Crippen LogP contribution in [0.15, 0.2) is 36.7 Å². The maximum absolute atomic E-state index is 5.47. The summed E-state index contributed by atoms with van der Waals surface area (Å²) in [5, 5.41) is 1.20. The van der Waals surface area contributed by atoms with E-state index in [1.807, 2.05) is 12.3 Å². The van der Waals surface area contributed by atoms with E-state index in [1.54, 1.807) is 0 Å². The van der Waals surface area contributed by atoms with Crippen molar-refractivity contribution in [2.75, 3.05) is 26.3 Å². The van der Waals surface area contributed by atoms with Crippen LogP contribution in [0.5, 0.6) is 0 Å². The standard InChI is InChI=1S/C30H37N5O/c1-4-34-14-23(22-6-5-13-31-29(22)34)27-26(19(2)3)28-25(33-27)12-11-24(32-28)20-7-9-21(10-8-20)35-15-30(16-35)17-36-18-30/h5-6,11-14,19-21,33H,4,7-10,15-18H2,1-3H3. The summed E-state index contributed by atoms with van der Waals surface area (Å²) in [6.45, 7) is 12.1. The summed E-state index contributed by atoms with van der Waals surface area (Å²) >= 11 is 0. The predicted molar refractivity (Wildman–Crippen MR) is 144 cm³/mol. The molecule has 2 saturated heterocycles. The second kappa shape index (κ2) is 8.42. The number of aromatic nitrogens is 4. The molecule has 3 aliphatic rings. The maximum Gasteiger partial charge on any atom is 0.140 e. The number of nitrogens with zero attached hydrogens (tertiary/aromatic N) is 4. The molecule has 7 rings (SSSR count). The molecule has 0 atom stereocenters. The minimum atomic E-state index is 0.373. The Kier molecular flexibility index (Phi) is 5.26. The van der Waals surface area contributed by atoms with E-state index in [2.05, 4.69) is 64.6 Å². The summed E-state index contributed by atoms with van der Waals surface area (Å²) in [4.78, 5) is 16.5. The van der Waals surface area contributed by atoms with Crippen molar-refractivity contribution in [1.29, 1.82) is 0 Å². The number of H-pyrrole nitrogens is 1. The quantitative estimate of drug-likeness (QED) is 0.374. The van der Waals surface area contributed by atoms with Gasteiger partial charge in [0.15, 0.2) is 0 Å². The Morgan fingerprint density at radius 3 is 2.61 bits per heavy atom. The summed E-state index contributed by atoms with van der Waals surface area (Å²) in [5.41, 5.74) is 8.88. The highest BCUT2D eigenvalue weighted by Crippen LogP contribution is 2.44. The van der Waals surface area contributed by atoms with E-state index < -0.39 is 0 Å². The Balaban J connectivity index is 1.18. The molecule has 0 radical (unpaired) electrons. The lowest BCUT2D eigenvalue weighted by molar-refractivity contribution is -0.200. The third-order valence-electron chi connectivity index (χ3n) is 9.05. The minimum absolute atomic E-state index is 0.373. The molecule has 2 aliphatic heterocycles. The van der Waals surface area contributed by atoms with Gasteiger partial charge in [-0.2, -0.15) is 0 Å². The van der Waals surface area contributed by atoms with Gasteiger partial charge in [0.1, 0.15) is 5.65 Å². The lowest BCUT2D eigenvalue weighted by Gasteiger charge is -2.58. The molecule has 4 aromatic heterocycles. The normalized spacial score (nSPS) is 24.0. The average Bonchev–Trinajstić information content (AvgIpc) is 3.40. The van der Waals surface area contributed by atoms with Crippen LogP contribution in [-0.2, 0) is 11.3 Å². The average molecular weight is 484 g/mol. The molecule has 6 heteroatoms. The number of rotatable bonds is 5. The van der Waals surface area contributed by atoms with Gasteiger partial charge in [0.25, 0.3) is 0 Å². The Labute approximate surface area is 213 Å². The Bertz CT molecular complexity index is 1410. The molecule has 1 aliphatic carbocycles. The predicted octanol–water partition coefficient (Wildman–Crippen LogP) is 6.08. The van der Waals surface area contributed by atoms with Crippen LogP contribution < -0.4 is 0 Å². The molecule has 1 spiro atoms. The third kappa shape index (κ3) is 3.45. The van der Waals surface area contributed by atoms with Gasteiger partial charge < -0.3 is 14.3 Å². The molecule has 0 amide bonds. The van der Waals surface area contributed by atoms with Crippen LogP contribution in [0, 0.1) is 5.41 Å². The highest BCUT2D eigenvalue weighted by molar-refractivity contribution is 5.98. The second-order valence-electron chi connectivity index (χ2n) is 11.8. The van der Waals surface area contributed by atoms with E-state index >= 15 is 0 Å². The van der Waals surface area contributed by atoms with E-state index in [-0.39, 0.29) is 0 Å². The fraction of sp³-hybridized carbons (Fsp3) is 0.533. The smallest absolute Gasteiger partial charge is 0.140 e. The first-order valence-electron chi connectivity index (χ1n) is 13.8. The van der Waals surface area contributed by atoms with Gasteiger partial charge in [-0.25, -0.2) is 4.98 Å². The molecule has 1 N–H and O–H groups in total. The van der Waals surface area contributed by atoms with Crippen LogP contribution in [0.2, 0.25) is 0 Å². The number of pyridine rings is 2.